The second-order valence-corrected chi connectivity index (χ2v) is 4.37. The summed E-state index contributed by atoms with van der Waals surface area (Å²) in [5.41, 5.74) is 6.30. The van der Waals surface area contributed by atoms with Gasteiger partial charge in [-0.2, -0.15) is 5.26 Å². The van der Waals surface area contributed by atoms with Gasteiger partial charge in [0.05, 0.1) is 12.2 Å². The van der Waals surface area contributed by atoms with Crippen molar-refractivity contribution in [2.45, 2.75) is 13.3 Å². The van der Waals surface area contributed by atoms with Gasteiger partial charge >= 0.3 is 0 Å². The predicted molar refractivity (Wildman–Crippen MR) is 77.8 cm³/mol. The molecule has 0 amide bonds. The molecule has 0 aliphatic heterocycles. The highest BCUT2D eigenvalue weighted by Gasteiger charge is 2.10. The molecule has 108 valence electrons. The van der Waals surface area contributed by atoms with Gasteiger partial charge in [0.1, 0.15) is 29.1 Å². The zero-order valence-electron chi connectivity index (χ0n) is 11.6. The van der Waals surface area contributed by atoms with Gasteiger partial charge in [0.25, 0.3) is 0 Å². The number of hydrogen-bond donors (Lipinski definition) is 1. The number of para-hydroxylation sites is 1. The number of ether oxygens (including phenoxy) is 2. The molecule has 0 radical (unpaired) electrons. The van der Waals surface area contributed by atoms with E-state index in [0.717, 1.165) is 12.5 Å². The fourth-order valence-corrected chi connectivity index (χ4v) is 1.73. The minimum absolute atomic E-state index is 0.0321. The molecule has 2 aromatic carbocycles. The van der Waals surface area contributed by atoms with Crippen LogP contribution in [0.3, 0.4) is 0 Å². The summed E-state index contributed by atoms with van der Waals surface area (Å²) in [6.07, 6.45) is 0.866. The predicted octanol–water partition coefficient (Wildman–Crippen LogP) is 3.86. The summed E-state index contributed by atoms with van der Waals surface area (Å²) in [4.78, 5) is 0. The number of benzene rings is 2. The first-order chi connectivity index (χ1) is 10.2. The monoisotopic (exact) mass is 286 g/mol. The van der Waals surface area contributed by atoms with E-state index in [1.807, 2.05) is 6.92 Å². The molecule has 0 bridgehead atoms. The number of nitrogens with two attached hydrogens (primary N) is 1. The molecule has 4 nitrogen and oxygen atoms in total. The van der Waals surface area contributed by atoms with Crippen LogP contribution in [0.5, 0.6) is 17.2 Å². The Balaban J connectivity index is 2.23. The van der Waals surface area contributed by atoms with E-state index in [-0.39, 0.29) is 11.3 Å². The standard InChI is InChI=1S/C16H15FN2O2/c1-2-8-20-14-4-3-5-15(16(14)19)21-12-7-6-11(10-18)13(17)9-12/h3-7,9H,2,8,19H2,1H3. The Morgan fingerprint density at radius 2 is 2.00 bits per heavy atom. The van der Waals surface area contributed by atoms with Gasteiger partial charge < -0.3 is 15.2 Å². The third-order valence-electron chi connectivity index (χ3n) is 2.78. The van der Waals surface area contributed by atoms with Crippen LogP contribution in [-0.2, 0) is 0 Å². The van der Waals surface area contributed by atoms with Crippen LogP contribution in [0, 0.1) is 17.1 Å². The van der Waals surface area contributed by atoms with E-state index in [9.17, 15) is 4.39 Å². The first kappa shape index (κ1) is 14.7. The largest absolute Gasteiger partial charge is 0.491 e. The van der Waals surface area contributed by atoms with E-state index in [1.54, 1.807) is 24.3 Å². The molecule has 0 saturated heterocycles. The van der Waals surface area contributed by atoms with Crippen LogP contribution >= 0.6 is 0 Å². The summed E-state index contributed by atoms with van der Waals surface area (Å²) in [7, 11) is 0. The molecule has 2 N–H and O–H groups in total. The molecule has 2 aromatic rings. The maximum atomic E-state index is 13.5. The van der Waals surface area contributed by atoms with Gasteiger partial charge in [-0.15, -0.1) is 0 Å². The highest BCUT2D eigenvalue weighted by atomic mass is 19.1. The smallest absolute Gasteiger partial charge is 0.154 e. The number of nitrogens with zero attached hydrogens (tertiary/aromatic N) is 1. The van der Waals surface area contributed by atoms with Gasteiger partial charge in [-0.1, -0.05) is 13.0 Å². The molecule has 0 aliphatic rings. The molecule has 0 unspecified atom stereocenters. The molecule has 0 atom stereocenters. The third kappa shape index (κ3) is 3.42. The number of rotatable bonds is 5. The highest BCUT2D eigenvalue weighted by molar-refractivity contribution is 5.63. The van der Waals surface area contributed by atoms with Crippen molar-refractivity contribution in [2.75, 3.05) is 12.3 Å². The topological polar surface area (TPSA) is 68.3 Å². The lowest BCUT2D eigenvalue weighted by Gasteiger charge is -2.13. The molecule has 5 heteroatoms. The van der Waals surface area contributed by atoms with Crippen LogP contribution in [0.2, 0.25) is 0 Å². The van der Waals surface area contributed by atoms with Crippen LogP contribution < -0.4 is 15.2 Å². The Kier molecular flexibility index (Phi) is 4.62. The Morgan fingerprint density at radius 3 is 2.67 bits per heavy atom. The number of anilines is 1. The van der Waals surface area contributed by atoms with Crippen molar-refractivity contribution in [3.8, 4) is 23.3 Å². The molecular formula is C16H15FN2O2. The maximum absolute atomic E-state index is 13.5. The third-order valence-corrected chi connectivity index (χ3v) is 2.78. The number of hydrogen-bond acceptors (Lipinski definition) is 4. The lowest BCUT2D eigenvalue weighted by atomic mass is 10.2. The van der Waals surface area contributed by atoms with Crippen LogP contribution in [0.1, 0.15) is 18.9 Å². The van der Waals surface area contributed by atoms with Gasteiger partial charge in [0, 0.05) is 6.07 Å². The van der Waals surface area contributed by atoms with E-state index in [1.165, 1.54) is 12.1 Å². The number of nitriles is 1. The molecule has 2 rings (SSSR count). The molecule has 0 aliphatic carbocycles. The van der Waals surface area contributed by atoms with Gasteiger partial charge in [-0.05, 0) is 30.7 Å². The van der Waals surface area contributed by atoms with E-state index in [4.69, 9.17) is 20.5 Å². The number of nitrogen functional groups attached to an aromatic ring is 1. The summed E-state index contributed by atoms with van der Waals surface area (Å²) >= 11 is 0. The quantitative estimate of drug-likeness (QED) is 0.847. The molecule has 0 fully saturated rings. The highest BCUT2D eigenvalue weighted by Crippen LogP contribution is 2.34. The first-order valence-electron chi connectivity index (χ1n) is 6.54. The molecule has 0 saturated carbocycles. The van der Waals surface area contributed by atoms with Crippen molar-refractivity contribution in [2.24, 2.45) is 0 Å². The van der Waals surface area contributed by atoms with Crippen molar-refractivity contribution in [1.29, 1.82) is 5.26 Å². The van der Waals surface area contributed by atoms with Crippen LogP contribution in [-0.4, -0.2) is 6.61 Å². The van der Waals surface area contributed by atoms with Crippen LogP contribution in [0.4, 0.5) is 10.1 Å². The SMILES string of the molecule is CCCOc1cccc(Oc2ccc(C#N)c(F)c2)c1N. The Morgan fingerprint density at radius 1 is 1.24 bits per heavy atom. The molecule has 0 heterocycles. The van der Waals surface area contributed by atoms with E-state index >= 15 is 0 Å². The van der Waals surface area contributed by atoms with E-state index in [0.29, 0.717) is 23.8 Å². The summed E-state index contributed by atoms with van der Waals surface area (Å²) < 4.78 is 24.6. The summed E-state index contributed by atoms with van der Waals surface area (Å²) in [6, 6.07) is 10.9. The molecular weight excluding hydrogens is 271 g/mol. The summed E-state index contributed by atoms with van der Waals surface area (Å²) in [6.45, 7) is 2.55. The summed E-state index contributed by atoms with van der Waals surface area (Å²) in [5.74, 6) is 0.550. The second-order valence-electron chi connectivity index (χ2n) is 4.37. The van der Waals surface area contributed by atoms with Crippen molar-refractivity contribution in [3.63, 3.8) is 0 Å². The van der Waals surface area contributed by atoms with Crippen LogP contribution in [0.15, 0.2) is 36.4 Å². The van der Waals surface area contributed by atoms with Crippen LogP contribution in [0.25, 0.3) is 0 Å². The van der Waals surface area contributed by atoms with E-state index in [2.05, 4.69) is 0 Å². The van der Waals surface area contributed by atoms with Gasteiger partial charge in [-0.25, -0.2) is 4.39 Å². The lowest BCUT2D eigenvalue weighted by Crippen LogP contribution is -2.00. The summed E-state index contributed by atoms with van der Waals surface area (Å²) in [5, 5.41) is 8.69. The average molecular weight is 286 g/mol. The molecule has 21 heavy (non-hydrogen) atoms. The normalized spacial score (nSPS) is 9.95. The average Bonchev–Trinajstić information content (AvgIpc) is 2.48. The van der Waals surface area contributed by atoms with Crippen molar-refractivity contribution in [3.05, 3.63) is 47.8 Å². The van der Waals surface area contributed by atoms with Crippen molar-refractivity contribution in [1.82, 2.24) is 0 Å². The zero-order chi connectivity index (χ0) is 15.2. The Bertz CT molecular complexity index is 680. The zero-order valence-corrected chi connectivity index (χ0v) is 11.6. The van der Waals surface area contributed by atoms with Crippen molar-refractivity contribution < 1.29 is 13.9 Å². The maximum Gasteiger partial charge on any atom is 0.154 e. The minimum Gasteiger partial charge on any atom is -0.491 e. The number of halogens is 1. The lowest BCUT2D eigenvalue weighted by molar-refractivity contribution is 0.318. The first-order valence-corrected chi connectivity index (χ1v) is 6.54. The molecule has 0 spiro atoms. The van der Waals surface area contributed by atoms with Gasteiger partial charge in [-0.3, -0.25) is 0 Å². The Hall–Kier alpha value is -2.74. The van der Waals surface area contributed by atoms with Crippen molar-refractivity contribution >= 4 is 5.69 Å². The van der Waals surface area contributed by atoms with Gasteiger partial charge in [0.2, 0.25) is 0 Å². The second kappa shape index (κ2) is 6.62. The fraction of sp³-hybridized carbons (Fsp3) is 0.188. The minimum atomic E-state index is -0.632. The molecule has 0 aromatic heterocycles. The van der Waals surface area contributed by atoms with E-state index < -0.39 is 5.82 Å². The van der Waals surface area contributed by atoms with Gasteiger partial charge in [0.15, 0.2) is 5.75 Å². The Labute approximate surface area is 122 Å². The fourth-order valence-electron chi connectivity index (χ4n) is 1.73.